The number of hydrogen-bond acceptors (Lipinski definition) is 5. The number of carbonyl (C=O) groups is 1. The van der Waals surface area contributed by atoms with E-state index in [1.54, 1.807) is 29.2 Å². The predicted molar refractivity (Wildman–Crippen MR) is 106 cm³/mol. The number of aromatic nitrogens is 1. The van der Waals surface area contributed by atoms with Gasteiger partial charge < -0.3 is 10.0 Å². The second-order valence-electron chi connectivity index (χ2n) is 7.60. The summed E-state index contributed by atoms with van der Waals surface area (Å²) in [5.74, 6) is -2.12. The Labute approximate surface area is 177 Å². The van der Waals surface area contributed by atoms with Crippen molar-refractivity contribution in [3.8, 4) is 0 Å². The molecule has 0 amide bonds. The Balaban J connectivity index is 1.54. The normalized spacial score (nSPS) is 22.4. The lowest BCUT2D eigenvalue weighted by atomic mass is 10.1. The molecule has 0 saturated carbocycles. The average Bonchev–Trinajstić information content (AvgIpc) is 3.14. The van der Waals surface area contributed by atoms with Crippen LogP contribution in [0.4, 0.5) is 19.0 Å². The number of halogens is 3. The van der Waals surface area contributed by atoms with Crippen LogP contribution in [-0.4, -0.2) is 55.0 Å². The molecule has 166 valence electrons. The van der Waals surface area contributed by atoms with E-state index in [9.17, 15) is 31.5 Å². The Morgan fingerprint density at radius 3 is 2.42 bits per heavy atom. The largest absolute Gasteiger partial charge is 0.481 e. The fourth-order valence-corrected chi connectivity index (χ4v) is 6.42. The summed E-state index contributed by atoms with van der Waals surface area (Å²) in [5, 5.41) is 8.43. The second-order valence-corrected chi connectivity index (χ2v) is 9.65. The topological polar surface area (TPSA) is 90.8 Å². The number of rotatable bonds is 4. The van der Waals surface area contributed by atoms with Crippen molar-refractivity contribution in [3.63, 3.8) is 0 Å². The third kappa shape index (κ3) is 3.99. The molecule has 1 aromatic carbocycles. The number of pyridine rings is 1. The monoisotopic (exact) mass is 455 g/mol. The Bertz CT molecular complexity index is 1100. The van der Waals surface area contributed by atoms with Gasteiger partial charge in [-0.1, -0.05) is 24.3 Å². The third-order valence-corrected chi connectivity index (χ3v) is 8.11. The molecule has 1 N–H and O–H groups in total. The number of sulfonamides is 1. The van der Waals surface area contributed by atoms with Gasteiger partial charge in [0.25, 0.3) is 0 Å². The quantitative estimate of drug-likeness (QED) is 0.762. The molecule has 1 fully saturated rings. The molecule has 0 bridgehead atoms. The van der Waals surface area contributed by atoms with Gasteiger partial charge in [0.15, 0.2) is 0 Å². The first-order chi connectivity index (χ1) is 14.6. The molecular formula is C20H20F3N3O4S. The molecule has 1 aliphatic carbocycles. The summed E-state index contributed by atoms with van der Waals surface area (Å²) in [7, 11) is -3.98. The fraction of sp³-hybridized carbons (Fsp3) is 0.400. The fourth-order valence-electron chi connectivity index (χ4n) is 4.24. The lowest BCUT2D eigenvalue weighted by Gasteiger charge is -2.36. The van der Waals surface area contributed by atoms with Crippen molar-refractivity contribution in [1.29, 1.82) is 0 Å². The SMILES string of the molecule is O=C(O)C1Cc2ccccc2C1S(=O)(=O)N1CCN(c2cc(C(F)(F)F)ccn2)CC1. The zero-order valence-corrected chi connectivity index (χ0v) is 17.1. The van der Waals surface area contributed by atoms with Crippen molar-refractivity contribution >= 4 is 21.8 Å². The molecule has 0 spiro atoms. The van der Waals surface area contributed by atoms with Gasteiger partial charge in [0, 0.05) is 32.4 Å². The highest BCUT2D eigenvalue weighted by molar-refractivity contribution is 7.89. The molecule has 4 rings (SSSR count). The summed E-state index contributed by atoms with van der Waals surface area (Å²) < 4.78 is 66.9. The summed E-state index contributed by atoms with van der Waals surface area (Å²) in [4.78, 5) is 17.4. The van der Waals surface area contributed by atoms with Gasteiger partial charge in [0.2, 0.25) is 10.0 Å². The van der Waals surface area contributed by atoms with Crippen LogP contribution in [0.2, 0.25) is 0 Å². The van der Waals surface area contributed by atoms with Crippen LogP contribution >= 0.6 is 0 Å². The van der Waals surface area contributed by atoms with Crippen LogP contribution in [0.3, 0.4) is 0 Å². The van der Waals surface area contributed by atoms with Gasteiger partial charge in [0.1, 0.15) is 11.1 Å². The smallest absolute Gasteiger partial charge is 0.416 e. The summed E-state index contributed by atoms with van der Waals surface area (Å²) in [5.41, 5.74) is 0.381. The van der Waals surface area contributed by atoms with E-state index in [1.807, 2.05) is 0 Å². The zero-order chi connectivity index (χ0) is 22.4. The van der Waals surface area contributed by atoms with E-state index in [-0.39, 0.29) is 38.4 Å². The number of alkyl halides is 3. The number of carboxylic acid groups (broad SMARTS) is 1. The Morgan fingerprint density at radius 2 is 1.77 bits per heavy atom. The molecule has 1 saturated heterocycles. The maximum atomic E-state index is 13.4. The number of benzene rings is 1. The van der Waals surface area contributed by atoms with E-state index < -0.39 is 38.9 Å². The number of nitrogens with zero attached hydrogens (tertiary/aromatic N) is 3. The number of aliphatic carboxylic acids is 1. The molecule has 2 aromatic rings. The van der Waals surface area contributed by atoms with Gasteiger partial charge >= 0.3 is 12.1 Å². The van der Waals surface area contributed by atoms with Crippen LogP contribution in [0.5, 0.6) is 0 Å². The summed E-state index contributed by atoms with van der Waals surface area (Å²) in [6, 6.07) is 8.63. The molecule has 1 aliphatic heterocycles. The Kier molecular flexibility index (Phi) is 5.42. The number of carboxylic acids is 1. The van der Waals surface area contributed by atoms with Crippen LogP contribution in [0.1, 0.15) is 21.9 Å². The molecule has 0 radical (unpaired) electrons. The van der Waals surface area contributed by atoms with E-state index in [0.29, 0.717) is 11.1 Å². The van der Waals surface area contributed by atoms with Crippen molar-refractivity contribution in [2.24, 2.45) is 5.92 Å². The highest BCUT2D eigenvalue weighted by Crippen LogP contribution is 2.43. The van der Waals surface area contributed by atoms with E-state index >= 15 is 0 Å². The van der Waals surface area contributed by atoms with Crippen LogP contribution < -0.4 is 4.90 Å². The summed E-state index contributed by atoms with van der Waals surface area (Å²) in [6.45, 7) is 0.371. The molecule has 1 aromatic heterocycles. The van der Waals surface area contributed by atoms with Crippen molar-refractivity contribution in [2.75, 3.05) is 31.1 Å². The maximum absolute atomic E-state index is 13.4. The molecule has 7 nitrogen and oxygen atoms in total. The molecular weight excluding hydrogens is 435 g/mol. The first-order valence-corrected chi connectivity index (χ1v) is 11.2. The number of hydrogen-bond donors (Lipinski definition) is 1. The number of piperazine rings is 1. The first-order valence-electron chi connectivity index (χ1n) is 9.67. The van der Waals surface area contributed by atoms with Gasteiger partial charge in [-0.05, 0) is 29.7 Å². The minimum atomic E-state index is -4.50. The van der Waals surface area contributed by atoms with E-state index in [4.69, 9.17) is 0 Å². The van der Waals surface area contributed by atoms with E-state index in [1.165, 1.54) is 4.31 Å². The summed E-state index contributed by atoms with van der Waals surface area (Å²) in [6.07, 6.45) is -3.28. The minimum Gasteiger partial charge on any atom is -0.481 e. The van der Waals surface area contributed by atoms with Gasteiger partial charge in [-0.3, -0.25) is 4.79 Å². The van der Waals surface area contributed by atoms with Crippen molar-refractivity contribution in [2.45, 2.75) is 17.8 Å². The standard InChI is InChI=1S/C20H20F3N3O4S/c21-20(22,23)14-5-6-24-17(12-14)25-7-9-26(10-8-25)31(29,30)18-15-4-2-1-3-13(15)11-16(18)19(27)28/h1-6,12,16,18H,7-11H2,(H,27,28). The van der Waals surface area contributed by atoms with Gasteiger partial charge in [-0.15, -0.1) is 0 Å². The maximum Gasteiger partial charge on any atom is 0.416 e. The zero-order valence-electron chi connectivity index (χ0n) is 16.3. The molecule has 2 atom stereocenters. The van der Waals surface area contributed by atoms with E-state index in [2.05, 4.69) is 4.98 Å². The lowest BCUT2D eigenvalue weighted by Crippen LogP contribution is -2.50. The number of fused-ring (bicyclic) bond motifs is 1. The summed E-state index contributed by atoms with van der Waals surface area (Å²) >= 11 is 0. The minimum absolute atomic E-state index is 0.0330. The highest BCUT2D eigenvalue weighted by atomic mass is 32.2. The lowest BCUT2D eigenvalue weighted by molar-refractivity contribution is -0.141. The van der Waals surface area contributed by atoms with Gasteiger partial charge in [0.05, 0.1) is 11.5 Å². The van der Waals surface area contributed by atoms with Crippen molar-refractivity contribution in [1.82, 2.24) is 9.29 Å². The average molecular weight is 455 g/mol. The van der Waals surface area contributed by atoms with Gasteiger partial charge in [-0.25, -0.2) is 13.4 Å². The van der Waals surface area contributed by atoms with Crippen LogP contribution in [0.15, 0.2) is 42.6 Å². The highest BCUT2D eigenvalue weighted by Gasteiger charge is 2.48. The van der Waals surface area contributed by atoms with E-state index in [0.717, 1.165) is 18.3 Å². The Morgan fingerprint density at radius 1 is 1.10 bits per heavy atom. The Hall–Kier alpha value is -2.66. The van der Waals surface area contributed by atoms with Crippen LogP contribution in [-0.2, 0) is 27.4 Å². The van der Waals surface area contributed by atoms with Gasteiger partial charge in [-0.2, -0.15) is 17.5 Å². The molecule has 2 unspecified atom stereocenters. The molecule has 2 heterocycles. The van der Waals surface area contributed by atoms with Crippen LogP contribution in [0.25, 0.3) is 0 Å². The molecule has 11 heteroatoms. The second kappa shape index (κ2) is 7.79. The number of anilines is 1. The molecule has 31 heavy (non-hydrogen) atoms. The first kappa shape index (κ1) is 21.6. The predicted octanol–water partition coefficient (Wildman–Crippen LogP) is 2.55. The van der Waals surface area contributed by atoms with Crippen LogP contribution in [0, 0.1) is 5.92 Å². The molecule has 2 aliphatic rings. The third-order valence-electron chi connectivity index (χ3n) is 5.80. The van der Waals surface area contributed by atoms with Crippen molar-refractivity contribution in [3.05, 3.63) is 59.3 Å². The van der Waals surface area contributed by atoms with Crippen molar-refractivity contribution < 1.29 is 31.5 Å².